The molecule has 0 atom stereocenters. The molecule has 0 unspecified atom stereocenters. The number of aromatic nitrogens is 4. The van der Waals surface area contributed by atoms with Crippen LogP contribution >= 0.6 is 23.1 Å². The molecule has 4 aromatic rings. The minimum Gasteiger partial charge on any atom is -0.397 e. The molecule has 4 aromatic heterocycles. The van der Waals surface area contributed by atoms with Crippen molar-refractivity contribution in [1.82, 2.24) is 19.5 Å². The predicted octanol–water partition coefficient (Wildman–Crippen LogP) is 5.54. The van der Waals surface area contributed by atoms with E-state index in [2.05, 4.69) is 27.5 Å². The zero-order chi connectivity index (χ0) is 19.7. The van der Waals surface area contributed by atoms with Gasteiger partial charge in [-0.1, -0.05) is 13.3 Å². The van der Waals surface area contributed by atoms with E-state index in [1.54, 1.807) is 17.5 Å². The number of fused-ring (bicyclic) bond motifs is 1. The molecule has 144 valence electrons. The summed E-state index contributed by atoms with van der Waals surface area (Å²) in [5, 5.41) is 1.03. The summed E-state index contributed by atoms with van der Waals surface area (Å²) >= 11 is 3.51. The Kier molecular flexibility index (Phi) is 5.37. The fourth-order valence-corrected chi connectivity index (χ4v) is 5.59. The van der Waals surface area contributed by atoms with Crippen LogP contribution in [-0.2, 0) is 7.05 Å². The quantitative estimate of drug-likeness (QED) is 0.334. The summed E-state index contributed by atoms with van der Waals surface area (Å²) in [6.45, 7) is 4.21. The SMILES string of the molecule is CCCCSc1sc2nc(-c3cccnc3)cc(-c3cnc(C)n3C)c2c1N. The van der Waals surface area contributed by atoms with Gasteiger partial charge in [0.15, 0.2) is 0 Å². The van der Waals surface area contributed by atoms with E-state index >= 15 is 0 Å². The van der Waals surface area contributed by atoms with Crippen molar-refractivity contribution in [3.05, 3.63) is 42.6 Å². The molecule has 0 bridgehead atoms. The first kappa shape index (κ1) is 19.0. The Labute approximate surface area is 173 Å². The lowest BCUT2D eigenvalue weighted by molar-refractivity contribution is 0.865. The van der Waals surface area contributed by atoms with Gasteiger partial charge < -0.3 is 10.3 Å². The Balaban J connectivity index is 1.94. The summed E-state index contributed by atoms with van der Waals surface area (Å²) in [6, 6.07) is 6.08. The lowest BCUT2D eigenvalue weighted by Crippen LogP contribution is -1.97. The van der Waals surface area contributed by atoms with Crippen LogP contribution in [0.25, 0.3) is 32.7 Å². The standard InChI is InChI=1S/C21H23N5S2/c1-4-5-9-27-21-19(22)18-15(17-12-24-13(2)26(17)3)10-16(25-20(18)28-21)14-7-6-8-23-11-14/h6-8,10-12H,4-5,9,22H2,1-3H3. The highest BCUT2D eigenvalue weighted by Gasteiger charge is 2.20. The molecule has 4 rings (SSSR count). The molecule has 7 heteroatoms. The van der Waals surface area contributed by atoms with Crippen molar-refractivity contribution in [2.75, 3.05) is 11.5 Å². The second-order valence-corrected chi connectivity index (χ2v) is 9.09. The summed E-state index contributed by atoms with van der Waals surface area (Å²) in [6.07, 6.45) is 7.90. The molecular formula is C21H23N5S2. The minimum atomic E-state index is 0.834. The summed E-state index contributed by atoms with van der Waals surface area (Å²) in [5.74, 6) is 2.04. The zero-order valence-corrected chi connectivity index (χ0v) is 17.9. The summed E-state index contributed by atoms with van der Waals surface area (Å²) < 4.78 is 3.25. The van der Waals surface area contributed by atoms with Gasteiger partial charge in [-0.3, -0.25) is 4.98 Å². The molecular weight excluding hydrogens is 386 g/mol. The van der Waals surface area contributed by atoms with Gasteiger partial charge >= 0.3 is 0 Å². The van der Waals surface area contributed by atoms with Crippen molar-refractivity contribution in [2.24, 2.45) is 7.05 Å². The van der Waals surface area contributed by atoms with Gasteiger partial charge in [-0.15, -0.1) is 23.1 Å². The van der Waals surface area contributed by atoms with Crippen molar-refractivity contribution in [3.8, 4) is 22.5 Å². The molecule has 0 aliphatic heterocycles. The summed E-state index contributed by atoms with van der Waals surface area (Å²) in [7, 11) is 2.03. The third-order valence-electron chi connectivity index (χ3n) is 4.85. The molecule has 0 amide bonds. The second kappa shape index (κ2) is 7.93. The summed E-state index contributed by atoms with van der Waals surface area (Å²) in [5.41, 5.74) is 11.5. The number of thioether (sulfide) groups is 1. The van der Waals surface area contributed by atoms with Crippen LogP contribution in [0.4, 0.5) is 5.69 Å². The number of anilines is 1. The van der Waals surface area contributed by atoms with E-state index in [-0.39, 0.29) is 0 Å². The number of rotatable bonds is 6. The van der Waals surface area contributed by atoms with Crippen LogP contribution in [0.15, 0.2) is 41.0 Å². The van der Waals surface area contributed by atoms with Gasteiger partial charge in [-0.05, 0) is 37.3 Å². The van der Waals surface area contributed by atoms with Crippen LogP contribution in [0.3, 0.4) is 0 Å². The maximum atomic E-state index is 6.61. The maximum Gasteiger partial charge on any atom is 0.127 e. The molecule has 0 aromatic carbocycles. The van der Waals surface area contributed by atoms with Crippen molar-refractivity contribution < 1.29 is 0 Å². The lowest BCUT2D eigenvalue weighted by Gasteiger charge is -2.09. The van der Waals surface area contributed by atoms with E-state index in [0.29, 0.717) is 0 Å². The fraction of sp³-hybridized carbons (Fsp3) is 0.286. The molecule has 2 N–H and O–H groups in total. The topological polar surface area (TPSA) is 69.6 Å². The smallest absolute Gasteiger partial charge is 0.127 e. The van der Waals surface area contributed by atoms with Crippen LogP contribution < -0.4 is 5.73 Å². The highest BCUT2D eigenvalue weighted by molar-refractivity contribution is 8.01. The molecule has 0 saturated heterocycles. The van der Waals surface area contributed by atoms with E-state index in [1.807, 2.05) is 50.3 Å². The molecule has 0 radical (unpaired) electrons. The molecule has 4 heterocycles. The first-order valence-electron chi connectivity index (χ1n) is 9.35. The second-order valence-electron chi connectivity index (χ2n) is 6.73. The molecule has 0 aliphatic rings. The van der Waals surface area contributed by atoms with Crippen molar-refractivity contribution in [1.29, 1.82) is 0 Å². The Hall–Kier alpha value is -2.38. The molecule has 0 fully saturated rings. The fourth-order valence-electron chi connectivity index (χ4n) is 3.13. The number of nitrogen functional groups attached to an aromatic ring is 1. The monoisotopic (exact) mass is 409 g/mol. The maximum absolute atomic E-state index is 6.61. The number of pyridine rings is 2. The van der Waals surface area contributed by atoms with E-state index in [9.17, 15) is 0 Å². The van der Waals surface area contributed by atoms with Crippen LogP contribution in [0.1, 0.15) is 25.6 Å². The van der Waals surface area contributed by atoms with Crippen LogP contribution in [0.5, 0.6) is 0 Å². The number of thiophene rings is 1. The third kappa shape index (κ3) is 3.40. The Morgan fingerprint density at radius 3 is 2.82 bits per heavy atom. The average Bonchev–Trinajstić information content (AvgIpc) is 3.22. The lowest BCUT2D eigenvalue weighted by atomic mass is 10.1. The first-order valence-corrected chi connectivity index (χ1v) is 11.1. The molecule has 0 aliphatic carbocycles. The van der Waals surface area contributed by atoms with Gasteiger partial charge in [0.2, 0.25) is 0 Å². The van der Waals surface area contributed by atoms with Crippen molar-refractivity contribution >= 4 is 39.0 Å². The number of hydrogen-bond acceptors (Lipinski definition) is 6. The first-order chi connectivity index (χ1) is 13.6. The van der Waals surface area contributed by atoms with E-state index < -0.39 is 0 Å². The predicted molar refractivity (Wildman–Crippen MR) is 120 cm³/mol. The van der Waals surface area contributed by atoms with Gasteiger partial charge in [0.1, 0.15) is 10.7 Å². The Morgan fingerprint density at radius 2 is 2.14 bits per heavy atom. The molecule has 28 heavy (non-hydrogen) atoms. The Morgan fingerprint density at radius 1 is 1.29 bits per heavy atom. The highest BCUT2D eigenvalue weighted by atomic mass is 32.2. The number of nitrogens with zero attached hydrogens (tertiary/aromatic N) is 4. The van der Waals surface area contributed by atoms with E-state index in [0.717, 1.165) is 54.2 Å². The normalized spacial score (nSPS) is 11.4. The van der Waals surface area contributed by atoms with Crippen molar-refractivity contribution in [2.45, 2.75) is 30.9 Å². The number of hydrogen-bond donors (Lipinski definition) is 1. The van der Waals surface area contributed by atoms with E-state index in [4.69, 9.17) is 10.7 Å². The van der Waals surface area contributed by atoms with Crippen molar-refractivity contribution in [3.63, 3.8) is 0 Å². The molecule has 5 nitrogen and oxygen atoms in total. The number of aryl methyl sites for hydroxylation is 1. The molecule has 0 spiro atoms. The number of nitrogens with two attached hydrogens (primary N) is 1. The van der Waals surface area contributed by atoms with Crippen LogP contribution in [0.2, 0.25) is 0 Å². The van der Waals surface area contributed by atoms with Crippen LogP contribution in [-0.4, -0.2) is 25.3 Å². The van der Waals surface area contributed by atoms with Gasteiger partial charge in [-0.2, -0.15) is 0 Å². The Bertz CT molecular complexity index is 1110. The summed E-state index contributed by atoms with van der Waals surface area (Å²) in [4.78, 5) is 14.6. The minimum absolute atomic E-state index is 0.834. The molecule has 0 saturated carbocycles. The van der Waals surface area contributed by atoms with Gasteiger partial charge in [-0.25, -0.2) is 9.97 Å². The van der Waals surface area contributed by atoms with Gasteiger partial charge in [0, 0.05) is 36.0 Å². The van der Waals surface area contributed by atoms with E-state index in [1.165, 1.54) is 12.8 Å². The number of unbranched alkanes of at least 4 members (excludes halogenated alkanes) is 1. The number of imidazole rings is 1. The van der Waals surface area contributed by atoms with Gasteiger partial charge in [0.05, 0.1) is 27.5 Å². The zero-order valence-electron chi connectivity index (χ0n) is 16.3. The highest BCUT2D eigenvalue weighted by Crippen LogP contribution is 2.45. The van der Waals surface area contributed by atoms with Crippen LogP contribution in [0, 0.1) is 6.92 Å². The average molecular weight is 410 g/mol. The largest absolute Gasteiger partial charge is 0.397 e. The third-order valence-corrected chi connectivity index (χ3v) is 7.32. The van der Waals surface area contributed by atoms with Gasteiger partial charge in [0.25, 0.3) is 0 Å².